The number of rotatable bonds is 25. The van der Waals surface area contributed by atoms with Crippen molar-refractivity contribution in [1.82, 2.24) is 0 Å². The van der Waals surface area contributed by atoms with E-state index in [-0.39, 0.29) is 11.1 Å². The predicted molar refractivity (Wildman–Crippen MR) is 207 cm³/mol. The topological polar surface area (TPSA) is 27.7 Å². The van der Waals surface area contributed by atoms with Crippen LogP contribution in [0.3, 0.4) is 0 Å². The Morgan fingerprint density at radius 1 is 0.696 bits per heavy atom. The number of hydrogen-bond acceptors (Lipinski definition) is 3. The first-order chi connectivity index (χ1) is 22.2. The Kier molecular flexibility index (Phi) is 20.3. The van der Waals surface area contributed by atoms with Gasteiger partial charge in [0, 0.05) is 0 Å². The van der Waals surface area contributed by atoms with Crippen LogP contribution in [0.5, 0.6) is 0 Å². The first-order valence-corrected chi connectivity index (χ1v) is 28.4. The molecule has 0 radical (unpaired) electrons. The number of benzene rings is 2. The summed E-state index contributed by atoms with van der Waals surface area (Å²) in [6.45, 7) is 16.9. The second-order valence-electron chi connectivity index (χ2n) is 14.6. The molecule has 0 saturated carbocycles. The van der Waals surface area contributed by atoms with Crippen LogP contribution in [0, 0.1) is 0 Å². The minimum atomic E-state index is -2.61. The van der Waals surface area contributed by atoms with Gasteiger partial charge in [-0.2, -0.15) is 0 Å². The third-order valence-electron chi connectivity index (χ3n) is 9.90. The van der Waals surface area contributed by atoms with Gasteiger partial charge in [-0.05, 0) is 0 Å². The molecule has 0 heterocycles. The Balaban J connectivity index is 2.33. The molecule has 0 aliphatic rings. The van der Waals surface area contributed by atoms with E-state index in [1.165, 1.54) is 75.1 Å². The molecule has 2 rings (SSSR count). The minimum absolute atomic E-state index is 0.00220. The Labute approximate surface area is 290 Å². The predicted octanol–water partition coefficient (Wildman–Crippen LogP) is 11.2. The van der Waals surface area contributed by atoms with Gasteiger partial charge in [0.25, 0.3) is 0 Å². The molecule has 0 aromatic heterocycles. The molecule has 2 aromatic rings. The van der Waals surface area contributed by atoms with Crippen molar-refractivity contribution in [2.45, 2.75) is 154 Å². The van der Waals surface area contributed by atoms with Crippen molar-refractivity contribution < 1.29 is 13.9 Å². The van der Waals surface area contributed by atoms with Crippen molar-refractivity contribution in [2.24, 2.45) is 0 Å². The van der Waals surface area contributed by atoms with Crippen LogP contribution in [-0.2, 0) is 13.9 Å². The first-order valence-electron chi connectivity index (χ1n) is 18.8. The molecule has 0 spiro atoms. The van der Waals surface area contributed by atoms with Crippen molar-refractivity contribution in [2.75, 3.05) is 13.9 Å². The molecule has 2 aromatic carbocycles. The van der Waals surface area contributed by atoms with Gasteiger partial charge in [0.2, 0.25) is 0 Å². The van der Waals surface area contributed by atoms with Crippen molar-refractivity contribution in [1.29, 1.82) is 0 Å². The summed E-state index contributed by atoms with van der Waals surface area (Å²) >= 11 is -2.61. The normalized spacial score (nSPS) is 14.2. The van der Waals surface area contributed by atoms with Gasteiger partial charge >= 0.3 is 280 Å². The summed E-state index contributed by atoms with van der Waals surface area (Å²) in [5.74, 6) is 0. The molecule has 46 heavy (non-hydrogen) atoms. The quantitative estimate of drug-likeness (QED) is 0.0437. The van der Waals surface area contributed by atoms with Crippen molar-refractivity contribution in [3.8, 4) is 0 Å². The molecule has 0 fully saturated rings. The molecule has 0 bridgehead atoms. The molecule has 5 heteroatoms. The summed E-state index contributed by atoms with van der Waals surface area (Å²) < 4.78 is 24.3. The van der Waals surface area contributed by atoms with Crippen LogP contribution >= 0.6 is 0 Å². The van der Waals surface area contributed by atoms with E-state index in [0.29, 0.717) is 10.9 Å². The van der Waals surface area contributed by atoms with E-state index in [0.717, 1.165) is 25.7 Å². The van der Waals surface area contributed by atoms with Gasteiger partial charge < -0.3 is 0 Å². The molecule has 0 aliphatic carbocycles. The van der Waals surface area contributed by atoms with Gasteiger partial charge in [0.05, 0.1) is 0 Å². The maximum atomic E-state index is 7.63. The van der Waals surface area contributed by atoms with Gasteiger partial charge in [-0.3, -0.25) is 0 Å². The van der Waals surface area contributed by atoms with E-state index in [1.54, 1.807) is 7.11 Å². The Morgan fingerprint density at radius 2 is 1.17 bits per heavy atom. The van der Waals surface area contributed by atoms with Gasteiger partial charge in [-0.25, -0.2) is 0 Å². The van der Waals surface area contributed by atoms with E-state index >= 15 is 0 Å². The Morgan fingerprint density at radius 3 is 1.61 bits per heavy atom. The number of unbranched alkanes of at least 4 members (excludes halogenated alkanes) is 5. The zero-order chi connectivity index (χ0) is 33.7. The van der Waals surface area contributed by atoms with Crippen LogP contribution in [0.15, 0.2) is 72.8 Å². The van der Waals surface area contributed by atoms with Crippen LogP contribution in [0.25, 0.3) is 0 Å². The van der Waals surface area contributed by atoms with E-state index in [2.05, 4.69) is 121 Å². The van der Waals surface area contributed by atoms with Crippen molar-refractivity contribution >= 4 is 37.1 Å². The van der Waals surface area contributed by atoms with Gasteiger partial charge in [0.15, 0.2) is 0 Å². The van der Waals surface area contributed by atoms with Gasteiger partial charge in [0.1, 0.15) is 0 Å². The van der Waals surface area contributed by atoms with Crippen LogP contribution < -0.4 is 10.4 Å². The third-order valence-corrected chi connectivity index (χ3v) is 31.0. The Bertz CT molecular complexity index is 991. The molecule has 0 N–H and O–H groups in total. The second-order valence-corrected chi connectivity index (χ2v) is 32.5. The zero-order valence-corrected chi connectivity index (χ0v) is 35.0. The fourth-order valence-electron chi connectivity index (χ4n) is 7.28. The molecule has 0 saturated heterocycles. The average Bonchev–Trinajstić information content (AvgIpc) is 3.07. The molecule has 2 atom stereocenters. The molecular formula is C41H70O3SiSn. The number of ether oxygens (including phenoxy) is 2. The second kappa shape index (κ2) is 22.7. The molecule has 260 valence electrons. The molecular weight excluding hydrogens is 687 g/mol. The summed E-state index contributed by atoms with van der Waals surface area (Å²) in [6, 6.07) is 22.3. The van der Waals surface area contributed by atoms with E-state index in [9.17, 15) is 0 Å². The summed E-state index contributed by atoms with van der Waals surface area (Å²) in [5, 5.41) is 2.75. The van der Waals surface area contributed by atoms with Crippen molar-refractivity contribution in [3.05, 3.63) is 72.8 Å². The number of allylic oxidation sites excluding steroid dienone is 1. The Hall–Kier alpha value is -0.924. The number of hydrogen-bond donors (Lipinski definition) is 0. The van der Waals surface area contributed by atoms with E-state index in [1.807, 2.05) is 0 Å². The molecule has 0 amide bonds. The van der Waals surface area contributed by atoms with E-state index < -0.39 is 26.7 Å². The average molecular weight is 758 g/mol. The van der Waals surface area contributed by atoms with Gasteiger partial charge in [-0.1, -0.05) is 12.1 Å². The SMILES string of the molecule is CCCC[C@@H](CCCC=C[C@H](OCOC)[Sn]([CH2]CCC)([CH2]CCC)[CH2]CCC)O[Si](c1ccccc1)(c1ccccc1)C(C)(C)C. The fraction of sp³-hybridized carbons (Fsp3) is 0.659. The summed E-state index contributed by atoms with van der Waals surface area (Å²) in [5.41, 5.74) is 0. The summed E-state index contributed by atoms with van der Waals surface area (Å²) in [6.07, 6.45) is 19.9. The fourth-order valence-corrected chi connectivity index (χ4v) is 28.4. The monoisotopic (exact) mass is 758 g/mol. The molecule has 0 aliphatic heterocycles. The van der Waals surface area contributed by atoms with Crippen LogP contribution in [0.1, 0.15) is 126 Å². The number of methoxy groups -OCH3 is 1. The van der Waals surface area contributed by atoms with Crippen LogP contribution in [0.2, 0.25) is 18.3 Å². The van der Waals surface area contributed by atoms with E-state index in [4.69, 9.17) is 13.9 Å². The summed E-state index contributed by atoms with van der Waals surface area (Å²) in [4.78, 5) is 0. The van der Waals surface area contributed by atoms with Crippen LogP contribution in [-0.4, -0.2) is 50.8 Å². The molecule has 0 unspecified atom stereocenters. The zero-order valence-electron chi connectivity index (χ0n) is 31.1. The third kappa shape index (κ3) is 12.5. The summed E-state index contributed by atoms with van der Waals surface area (Å²) in [7, 11) is -0.803. The van der Waals surface area contributed by atoms with Crippen molar-refractivity contribution in [3.63, 3.8) is 0 Å². The standard InChI is InChI=1S/C29H43O3Si.3C4H9.Sn/c1-6-7-18-26(19-12-8-9-17-24-31-25-30-5)32-33(29(2,3)4,27-20-13-10-14-21-27)28-22-15-11-16-23-28;3*1-3-4-2;/h9-11,13-17,20-24,26H,6-8,12,18-19,25H2,1-5H3;3*1,3-4H2,2H3;/t26-;;;;/m0..../s1. The van der Waals surface area contributed by atoms with Crippen LogP contribution in [0.4, 0.5) is 0 Å². The molecule has 3 nitrogen and oxygen atoms in total. The van der Waals surface area contributed by atoms with Gasteiger partial charge in [-0.15, -0.1) is 0 Å². The maximum absolute atomic E-state index is 7.63. The first kappa shape index (κ1) is 41.2.